The van der Waals surface area contributed by atoms with E-state index in [4.69, 9.17) is 4.74 Å². The van der Waals surface area contributed by atoms with Crippen LogP contribution in [0.25, 0.3) is 0 Å². The Balaban J connectivity index is 1.82. The largest absolute Gasteiger partial charge is 0.379 e. The minimum Gasteiger partial charge on any atom is -0.379 e. The van der Waals surface area contributed by atoms with Crippen LogP contribution in [0.3, 0.4) is 0 Å². The number of hydrogen-bond donors (Lipinski definition) is 0. The van der Waals surface area contributed by atoms with Crippen molar-refractivity contribution in [2.24, 2.45) is 0 Å². The van der Waals surface area contributed by atoms with Crippen molar-refractivity contribution in [1.82, 2.24) is 10.2 Å². The predicted molar refractivity (Wildman–Crippen MR) is 42.7 cm³/mol. The van der Waals surface area contributed by atoms with Gasteiger partial charge in [0.2, 0.25) is 0 Å². The Morgan fingerprint density at radius 2 is 2.09 bits per heavy atom. The van der Waals surface area contributed by atoms with Gasteiger partial charge in [0.25, 0.3) is 0 Å². The first kappa shape index (κ1) is 7.53. The average Bonchev–Trinajstić information content (AvgIpc) is 2.58. The van der Waals surface area contributed by atoms with Gasteiger partial charge in [-0.3, -0.25) is 4.90 Å². The second-order valence-corrected chi connectivity index (χ2v) is 3.22. The van der Waals surface area contributed by atoms with Gasteiger partial charge in [0.1, 0.15) is 0 Å². The van der Waals surface area contributed by atoms with Crippen LogP contribution < -0.4 is 5.32 Å². The average molecular weight is 155 g/mol. The molecule has 0 aliphatic carbocycles. The van der Waals surface area contributed by atoms with Crippen molar-refractivity contribution in [2.45, 2.75) is 12.5 Å². The highest BCUT2D eigenvalue weighted by atomic mass is 16.5. The zero-order valence-corrected chi connectivity index (χ0v) is 6.83. The Kier molecular flexibility index (Phi) is 2.41. The highest BCUT2D eigenvalue weighted by molar-refractivity contribution is 4.81. The van der Waals surface area contributed by atoms with Crippen LogP contribution in [0, 0.1) is 0 Å². The van der Waals surface area contributed by atoms with Crippen LogP contribution in [-0.2, 0) is 4.74 Å². The summed E-state index contributed by atoms with van der Waals surface area (Å²) in [6.07, 6.45) is 1.26. The molecule has 1 radical (unpaired) electrons. The van der Waals surface area contributed by atoms with Gasteiger partial charge in [0.05, 0.1) is 13.2 Å². The van der Waals surface area contributed by atoms with Crippen LogP contribution in [-0.4, -0.2) is 50.3 Å². The first-order valence-corrected chi connectivity index (χ1v) is 4.42. The van der Waals surface area contributed by atoms with E-state index in [1.165, 1.54) is 6.42 Å². The summed E-state index contributed by atoms with van der Waals surface area (Å²) in [7, 11) is 0. The van der Waals surface area contributed by atoms with Gasteiger partial charge in [-0.25, -0.2) is 5.32 Å². The quantitative estimate of drug-likeness (QED) is 0.519. The monoisotopic (exact) mass is 155 g/mol. The molecule has 3 heteroatoms. The summed E-state index contributed by atoms with van der Waals surface area (Å²) in [6, 6.07) is 0.735. The van der Waals surface area contributed by atoms with E-state index in [1.807, 2.05) is 0 Å². The molecule has 2 rings (SSSR count). The zero-order chi connectivity index (χ0) is 7.52. The van der Waals surface area contributed by atoms with Crippen molar-refractivity contribution >= 4 is 0 Å². The standard InChI is InChI=1S/C8H15N2O/c1-2-9-7-8(1)10-3-5-11-6-4-10/h8H,1-7H2. The van der Waals surface area contributed by atoms with Gasteiger partial charge in [0, 0.05) is 32.2 Å². The van der Waals surface area contributed by atoms with E-state index in [2.05, 4.69) is 10.2 Å². The zero-order valence-electron chi connectivity index (χ0n) is 6.83. The summed E-state index contributed by atoms with van der Waals surface area (Å²) in [6.45, 7) is 6.18. The van der Waals surface area contributed by atoms with Crippen LogP contribution in [0.5, 0.6) is 0 Å². The van der Waals surface area contributed by atoms with Crippen molar-refractivity contribution in [3.8, 4) is 0 Å². The molecule has 63 valence electrons. The summed E-state index contributed by atoms with van der Waals surface area (Å²) in [4.78, 5) is 2.51. The molecule has 0 saturated carbocycles. The molecule has 1 atom stereocenters. The van der Waals surface area contributed by atoms with Gasteiger partial charge in [-0.05, 0) is 6.42 Å². The van der Waals surface area contributed by atoms with Crippen molar-refractivity contribution in [2.75, 3.05) is 39.4 Å². The smallest absolute Gasteiger partial charge is 0.0594 e. The van der Waals surface area contributed by atoms with Crippen LogP contribution in [0.2, 0.25) is 0 Å². The number of hydrogen-bond acceptors (Lipinski definition) is 2. The molecule has 0 N–H and O–H groups in total. The molecule has 3 nitrogen and oxygen atoms in total. The lowest BCUT2D eigenvalue weighted by Crippen LogP contribution is -2.44. The molecule has 2 fully saturated rings. The van der Waals surface area contributed by atoms with Crippen molar-refractivity contribution in [1.29, 1.82) is 0 Å². The summed E-state index contributed by atoms with van der Waals surface area (Å²) in [5.74, 6) is 0. The fourth-order valence-corrected chi connectivity index (χ4v) is 1.81. The summed E-state index contributed by atoms with van der Waals surface area (Å²) >= 11 is 0. The molecule has 2 heterocycles. The second kappa shape index (κ2) is 3.52. The Hall–Kier alpha value is -0.120. The molecule has 2 aliphatic rings. The van der Waals surface area contributed by atoms with Gasteiger partial charge in [-0.1, -0.05) is 0 Å². The van der Waals surface area contributed by atoms with Crippen LogP contribution in [0.15, 0.2) is 0 Å². The lowest BCUT2D eigenvalue weighted by Gasteiger charge is -2.31. The van der Waals surface area contributed by atoms with Crippen LogP contribution in [0.4, 0.5) is 0 Å². The fourth-order valence-electron chi connectivity index (χ4n) is 1.81. The Morgan fingerprint density at radius 1 is 1.27 bits per heavy atom. The maximum absolute atomic E-state index is 5.29. The fraction of sp³-hybridized carbons (Fsp3) is 1.00. The molecule has 0 bridgehead atoms. The first-order valence-electron chi connectivity index (χ1n) is 4.42. The van der Waals surface area contributed by atoms with E-state index in [1.54, 1.807) is 0 Å². The third-order valence-corrected chi connectivity index (χ3v) is 2.52. The van der Waals surface area contributed by atoms with E-state index in [-0.39, 0.29) is 0 Å². The Morgan fingerprint density at radius 3 is 2.73 bits per heavy atom. The topological polar surface area (TPSA) is 26.6 Å². The molecular formula is C8H15N2O. The van der Waals surface area contributed by atoms with Gasteiger partial charge in [0.15, 0.2) is 0 Å². The minimum atomic E-state index is 0.735. The van der Waals surface area contributed by atoms with E-state index >= 15 is 0 Å². The van der Waals surface area contributed by atoms with Crippen molar-refractivity contribution < 1.29 is 4.74 Å². The third kappa shape index (κ3) is 1.72. The summed E-state index contributed by atoms with van der Waals surface area (Å²) in [5, 5.41) is 4.36. The van der Waals surface area contributed by atoms with E-state index in [0.29, 0.717) is 0 Å². The maximum Gasteiger partial charge on any atom is 0.0594 e. The molecule has 0 spiro atoms. The van der Waals surface area contributed by atoms with Gasteiger partial charge < -0.3 is 4.74 Å². The molecule has 0 aromatic carbocycles. The normalized spacial score (nSPS) is 34.4. The van der Waals surface area contributed by atoms with Crippen molar-refractivity contribution in [3.63, 3.8) is 0 Å². The molecule has 2 saturated heterocycles. The van der Waals surface area contributed by atoms with E-state index in [9.17, 15) is 0 Å². The van der Waals surface area contributed by atoms with E-state index < -0.39 is 0 Å². The second-order valence-electron chi connectivity index (χ2n) is 3.22. The predicted octanol–water partition coefficient (Wildman–Crippen LogP) is -0.305. The highest BCUT2D eigenvalue weighted by Crippen LogP contribution is 2.10. The molecule has 0 aromatic heterocycles. The van der Waals surface area contributed by atoms with Gasteiger partial charge in [-0.2, -0.15) is 0 Å². The van der Waals surface area contributed by atoms with Crippen LogP contribution >= 0.6 is 0 Å². The third-order valence-electron chi connectivity index (χ3n) is 2.52. The maximum atomic E-state index is 5.29. The Bertz CT molecular complexity index is 117. The lowest BCUT2D eigenvalue weighted by molar-refractivity contribution is 0.0205. The number of ether oxygens (including phenoxy) is 1. The SMILES string of the molecule is C1CC(N2CCOCC2)C[N]1. The molecule has 0 aromatic rings. The molecule has 0 amide bonds. The first-order chi connectivity index (χ1) is 5.47. The number of morpholine rings is 1. The molecule has 2 aliphatic heterocycles. The number of rotatable bonds is 1. The van der Waals surface area contributed by atoms with Crippen LogP contribution in [0.1, 0.15) is 6.42 Å². The summed E-state index contributed by atoms with van der Waals surface area (Å²) in [5.41, 5.74) is 0. The van der Waals surface area contributed by atoms with E-state index in [0.717, 1.165) is 45.4 Å². The Labute approximate surface area is 67.7 Å². The molecular weight excluding hydrogens is 140 g/mol. The lowest BCUT2D eigenvalue weighted by atomic mass is 10.2. The van der Waals surface area contributed by atoms with Gasteiger partial charge >= 0.3 is 0 Å². The minimum absolute atomic E-state index is 0.735. The molecule has 11 heavy (non-hydrogen) atoms. The van der Waals surface area contributed by atoms with Gasteiger partial charge in [-0.15, -0.1) is 0 Å². The molecule has 1 unspecified atom stereocenters. The number of nitrogens with zero attached hydrogens (tertiary/aromatic N) is 2. The highest BCUT2D eigenvalue weighted by Gasteiger charge is 2.23. The summed E-state index contributed by atoms with van der Waals surface area (Å²) < 4.78 is 5.29. The van der Waals surface area contributed by atoms with Crippen molar-refractivity contribution in [3.05, 3.63) is 0 Å².